The van der Waals surface area contributed by atoms with E-state index in [0.717, 1.165) is 28.1 Å². The maximum absolute atomic E-state index is 13.2. The summed E-state index contributed by atoms with van der Waals surface area (Å²) in [7, 11) is 1.82. The molecule has 2 aromatic carbocycles. The van der Waals surface area contributed by atoms with Gasteiger partial charge in [0, 0.05) is 24.5 Å². The SMILES string of the molecule is CN(C(=O)C1(C)COc2ccccc2C1)c1ccc(-c2cn[nH]c2)cc1. The lowest BCUT2D eigenvalue weighted by atomic mass is 9.81. The van der Waals surface area contributed by atoms with E-state index in [1.807, 2.05) is 68.7 Å². The topological polar surface area (TPSA) is 58.2 Å². The number of para-hydroxylation sites is 1. The Morgan fingerprint density at radius 2 is 1.92 bits per heavy atom. The number of aromatic amines is 1. The second kappa shape index (κ2) is 6.33. The molecule has 1 N–H and O–H groups in total. The summed E-state index contributed by atoms with van der Waals surface area (Å²) < 4.78 is 5.86. The number of fused-ring (bicyclic) bond motifs is 1. The molecule has 5 heteroatoms. The second-order valence-corrected chi connectivity index (χ2v) is 7.03. The summed E-state index contributed by atoms with van der Waals surface area (Å²) in [6.07, 6.45) is 4.31. The summed E-state index contributed by atoms with van der Waals surface area (Å²) in [4.78, 5) is 14.9. The highest BCUT2D eigenvalue weighted by Gasteiger charge is 2.40. The highest BCUT2D eigenvalue weighted by molar-refractivity contribution is 5.97. The molecule has 4 rings (SSSR count). The van der Waals surface area contributed by atoms with Crippen LogP contribution < -0.4 is 9.64 Å². The van der Waals surface area contributed by atoms with Crippen LogP contribution in [0.3, 0.4) is 0 Å². The molecule has 3 aromatic rings. The number of rotatable bonds is 3. The zero-order valence-electron chi connectivity index (χ0n) is 14.9. The number of benzene rings is 2. The molecule has 0 saturated carbocycles. The third-order valence-electron chi connectivity index (χ3n) is 5.01. The molecule has 0 fully saturated rings. The minimum absolute atomic E-state index is 0.0584. The largest absolute Gasteiger partial charge is 0.492 e. The van der Waals surface area contributed by atoms with Crippen molar-refractivity contribution < 1.29 is 9.53 Å². The molecule has 132 valence electrons. The number of nitrogens with zero attached hydrogens (tertiary/aromatic N) is 2. The van der Waals surface area contributed by atoms with Gasteiger partial charge in [0.2, 0.25) is 5.91 Å². The minimum Gasteiger partial charge on any atom is -0.492 e. The lowest BCUT2D eigenvalue weighted by molar-refractivity contribution is -0.129. The van der Waals surface area contributed by atoms with E-state index in [2.05, 4.69) is 10.2 Å². The molecule has 2 heterocycles. The van der Waals surface area contributed by atoms with Crippen LogP contribution in [0.4, 0.5) is 5.69 Å². The summed E-state index contributed by atoms with van der Waals surface area (Å²) >= 11 is 0. The monoisotopic (exact) mass is 347 g/mol. The van der Waals surface area contributed by atoms with Crippen LogP contribution in [0.1, 0.15) is 12.5 Å². The Morgan fingerprint density at radius 3 is 2.65 bits per heavy atom. The van der Waals surface area contributed by atoms with E-state index in [4.69, 9.17) is 4.74 Å². The Bertz CT molecular complexity index is 919. The van der Waals surface area contributed by atoms with Crippen molar-refractivity contribution in [3.8, 4) is 16.9 Å². The highest BCUT2D eigenvalue weighted by atomic mass is 16.5. The van der Waals surface area contributed by atoms with Gasteiger partial charge in [0.05, 0.1) is 11.6 Å². The number of ether oxygens (including phenoxy) is 1. The molecule has 1 aliphatic heterocycles. The number of hydrogen-bond donors (Lipinski definition) is 1. The first-order valence-corrected chi connectivity index (χ1v) is 8.65. The summed E-state index contributed by atoms with van der Waals surface area (Å²) in [6, 6.07) is 15.8. The summed E-state index contributed by atoms with van der Waals surface area (Å²) in [5.41, 5.74) is 3.45. The first-order valence-electron chi connectivity index (χ1n) is 8.65. The molecular formula is C21H21N3O2. The van der Waals surface area contributed by atoms with Gasteiger partial charge in [-0.15, -0.1) is 0 Å². The van der Waals surface area contributed by atoms with Crippen LogP contribution in [-0.4, -0.2) is 29.8 Å². The highest BCUT2D eigenvalue weighted by Crippen LogP contribution is 2.36. The lowest BCUT2D eigenvalue weighted by Gasteiger charge is -2.36. The van der Waals surface area contributed by atoms with Crippen molar-refractivity contribution in [1.82, 2.24) is 10.2 Å². The Balaban J connectivity index is 1.54. The molecule has 5 nitrogen and oxygen atoms in total. The molecule has 0 saturated heterocycles. The van der Waals surface area contributed by atoms with Gasteiger partial charge in [-0.1, -0.05) is 30.3 Å². The predicted octanol–water partition coefficient (Wildman–Crippen LogP) is 3.68. The average molecular weight is 347 g/mol. The molecule has 0 aliphatic carbocycles. The van der Waals surface area contributed by atoms with Crippen LogP contribution in [0.2, 0.25) is 0 Å². The quantitative estimate of drug-likeness (QED) is 0.786. The fraction of sp³-hybridized carbons (Fsp3) is 0.238. The van der Waals surface area contributed by atoms with Crippen molar-refractivity contribution in [2.75, 3.05) is 18.6 Å². The first kappa shape index (κ1) is 16.4. The number of carbonyl (C=O) groups excluding carboxylic acids is 1. The third kappa shape index (κ3) is 2.86. The molecule has 0 bridgehead atoms. The zero-order chi connectivity index (χ0) is 18.1. The molecule has 0 radical (unpaired) electrons. The second-order valence-electron chi connectivity index (χ2n) is 7.03. The molecule has 1 aliphatic rings. The number of aromatic nitrogens is 2. The van der Waals surface area contributed by atoms with Crippen LogP contribution in [0.25, 0.3) is 11.1 Å². The van der Waals surface area contributed by atoms with Gasteiger partial charge in [0.25, 0.3) is 0 Å². The van der Waals surface area contributed by atoms with Crippen molar-refractivity contribution >= 4 is 11.6 Å². The van der Waals surface area contributed by atoms with Gasteiger partial charge in [-0.3, -0.25) is 9.89 Å². The minimum atomic E-state index is -0.577. The van der Waals surface area contributed by atoms with Crippen LogP contribution in [-0.2, 0) is 11.2 Å². The van der Waals surface area contributed by atoms with Crippen LogP contribution in [0.15, 0.2) is 60.9 Å². The lowest BCUT2D eigenvalue weighted by Crippen LogP contribution is -2.47. The Morgan fingerprint density at radius 1 is 1.15 bits per heavy atom. The number of hydrogen-bond acceptors (Lipinski definition) is 3. The molecule has 1 unspecified atom stereocenters. The standard InChI is InChI=1S/C21H21N3O2/c1-21(11-16-5-3-4-6-19(16)26-14-21)20(25)24(2)18-9-7-15(8-10-18)17-12-22-23-13-17/h3-10,12-13H,11,14H2,1-2H3,(H,22,23). The predicted molar refractivity (Wildman–Crippen MR) is 101 cm³/mol. The fourth-order valence-corrected chi connectivity index (χ4v) is 3.44. The van der Waals surface area contributed by atoms with Gasteiger partial charge in [0.15, 0.2) is 0 Å². The smallest absolute Gasteiger partial charge is 0.236 e. The van der Waals surface area contributed by atoms with Crippen LogP contribution in [0, 0.1) is 5.41 Å². The van der Waals surface area contributed by atoms with Gasteiger partial charge in [-0.25, -0.2) is 0 Å². The molecule has 0 spiro atoms. The van der Waals surface area contributed by atoms with Gasteiger partial charge < -0.3 is 9.64 Å². The summed E-state index contributed by atoms with van der Waals surface area (Å²) in [5.74, 6) is 0.938. The number of amides is 1. The molecule has 1 atom stereocenters. The average Bonchev–Trinajstić information content (AvgIpc) is 3.21. The summed E-state index contributed by atoms with van der Waals surface area (Å²) in [5, 5.41) is 6.78. The number of anilines is 1. The van der Waals surface area contributed by atoms with E-state index in [9.17, 15) is 4.79 Å². The van der Waals surface area contributed by atoms with Gasteiger partial charge in [-0.05, 0) is 42.7 Å². The van der Waals surface area contributed by atoms with Crippen molar-refractivity contribution in [3.63, 3.8) is 0 Å². The molecule has 1 aromatic heterocycles. The van der Waals surface area contributed by atoms with Crippen LogP contribution >= 0.6 is 0 Å². The third-order valence-corrected chi connectivity index (χ3v) is 5.01. The number of H-pyrrole nitrogens is 1. The molecular weight excluding hydrogens is 326 g/mol. The van der Waals surface area contributed by atoms with E-state index < -0.39 is 5.41 Å². The Labute approximate surface area is 152 Å². The van der Waals surface area contributed by atoms with Crippen molar-refractivity contribution in [2.45, 2.75) is 13.3 Å². The Hall–Kier alpha value is -3.08. The van der Waals surface area contributed by atoms with E-state index in [0.29, 0.717) is 13.0 Å². The van der Waals surface area contributed by atoms with Gasteiger partial charge in [-0.2, -0.15) is 5.10 Å². The van der Waals surface area contributed by atoms with Crippen LogP contribution in [0.5, 0.6) is 5.75 Å². The van der Waals surface area contributed by atoms with E-state index in [1.165, 1.54) is 0 Å². The van der Waals surface area contributed by atoms with Crippen molar-refractivity contribution in [3.05, 3.63) is 66.5 Å². The molecule has 26 heavy (non-hydrogen) atoms. The van der Waals surface area contributed by atoms with E-state index >= 15 is 0 Å². The Kier molecular flexibility index (Phi) is 3.99. The number of nitrogens with one attached hydrogen (secondary N) is 1. The molecule has 1 amide bonds. The van der Waals surface area contributed by atoms with E-state index in [1.54, 1.807) is 11.1 Å². The van der Waals surface area contributed by atoms with Crippen molar-refractivity contribution in [2.24, 2.45) is 5.41 Å². The van der Waals surface area contributed by atoms with Crippen molar-refractivity contribution in [1.29, 1.82) is 0 Å². The van der Waals surface area contributed by atoms with Gasteiger partial charge in [0.1, 0.15) is 12.4 Å². The van der Waals surface area contributed by atoms with Gasteiger partial charge >= 0.3 is 0 Å². The summed E-state index contributed by atoms with van der Waals surface area (Å²) in [6.45, 7) is 2.36. The maximum atomic E-state index is 13.2. The zero-order valence-corrected chi connectivity index (χ0v) is 14.9. The fourth-order valence-electron chi connectivity index (χ4n) is 3.44. The number of carbonyl (C=O) groups is 1. The maximum Gasteiger partial charge on any atom is 0.236 e. The normalized spacial score (nSPS) is 18.7. The van der Waals surface area contributed by atoms with E-state index in [-0.39, 0.29) is 5.91 Å². The first-order chi connectivity index (χ1) is 12.6.